The third kappa shape index (κ3) is 3.86. The van der Waals surface area contributed by atoms with Gasteiger partial charge >= 0.3 is 0 Å². The molecule has 0 saturated heterocycles. The minimum absolute atomic E-state index is 0.741. The zero-order valence-corrected chi connectivity index (χ0v) is 10.4. The van der Waals surface area contributed by atoms with Crippen molar-refractivity contribution in [2.24, 2.45) is 0 Å². The molecule has 0 radical (unpaired) electrons. The molecule has 14 heavy (non-hydrogen) atoms. The van der Waals surface area contributed by atoms with Gasteiger partial charge in [-0.1, -0.05) is 27.5 Å². The minimum Gasteiger partial charge on any atom is -0.385 e. The van der Waals surface area contributed by atoms with Crippen LogP contribution in [-0.4, -0.2) is 20.3 Å². The smallest absolute Gasteiger partial charge is 0.0638 e. The maximum atomic E-state index is 5.99. The van der Waals surface area contributed by atoms with E-state index in [0.29, 0.717) is 0 Å². The van der Waals surface area contributed by atoms with Gasteiger partial charge in [-0.2, -0.15) is 0 Å². The Labute approximate surface area is 97.7 Å². The molecular weight excluding hydrogens is 265 g/mol. The summed E-state index contributed by atoms with van der Waals surface area (Å²) in [6, 6.07) is 5.75. The first-order chi connectivity index (χ1) is 6.74. The van der Waals surface area contributed by atoms with Crippen molar-refractivity contribution in [2.45, 2.75) is 6.42 Å². The summed E-state index contributed by atoms with van der Waals surface area (Å²) in [6.45, 7) is 1.63. The number of anilines is 1. The number of hydrogen-bond donors (Lipinski definition) is 1. The van der Waals surface area contributed by atoms with Gasteiger partial charge in [-0.05, 0) is 24.6 Å². The molecule has 0 aliphatic carbocycles. The molecule has 1 aromatic carbocycles. The van der Waals surface area contributed by atoms with Gasteiger partial charge in [0, 0.05) is 24.7 Å². The predicted octanol–water partition coefficient (Wildman–Crippen LogP) is 3.55. The largest absolute Gasteiger partial charge is 0.385 e. The van der Waals surface area contributed by atoms with Gasteiger partial charge < -0.3 is 10.1 Å². The monoisotopic (exact) mass is 277 g/mol. The van der Waals surface area contributed by atoms with Crippen molar-refractivity contribution < 1.29 is 4.74 Å². The molecule has 0 aliphatic rings. The van der Waals surface area contributed by atoms with Gasteiger partial charge in [0.1, 0.15) is 0 Å². The second-order valence-electron chi connectivity index (χ2n) is 2.90. The van der Waals surface area contributed by atoms with Crippen LogP contribution < -0.4 is 5.32 Å². The van der Waals surface area contributed by atoms with Crippen LogP contribution in [-0.2, 0) is 4.74 Å². The fourth-order valence-corrected chi connectivity index (χ4v) is 1.62. The molecule has 0 saturated carbocycles. The number of nitrogens with one attached hydrogen (secondary N) is 1. The van der Waals surface area contributed by atoms with E-state index in [0.717, 1.165) is 34.8 Å². The van der Waals surface area contributed by atoms with Crippen molar-refractivity contribution in [3.8, 4) is 0 Å². The number of rotatable bonds is 5. The Kier molecular flexibility index (Phi) is 5.30. The van der Waals surface area contributed by atoms with Gasteiger partial charge in [0.15, 0.2) is 0 Å². The van der Waals surface area contributed by atoms with Crippen LogP contribution in [0.2, 0.25) is 5.02 Å². The summed E-state index contributed by atoms with van der Waals surface area (Å²) < 4.78 is 5.98. The third-order valence-electron chi connectivity index (χ3n) is 1.77. The first-order valence-electron chi connectivity index (χ1n) is 4.42. The van der Waals surface area contributed by atoms with Crippen molar-refractivity contribution >= 4 is 33.2 Å². The summed E-state index contributed by atoms with van der Waals surface area (Å²) in [5.41, 5.74) is 0.956. The lowest BCUT2D eigenvalue weighted by molar-refractivity contribution is 0.198. The van der Waals surface area contributed by atoms with Crippen LogP contribution in [0, 0.1) is 0 Å². The minimum atomic E-state index is 0.741. The molecule has 2 nitrogen and oxygen atoms in total. The lowest BCUT2D eigenvalue weighted by Crippen LogP contribution is -2.04. The molecule has 1 aromatic rings. The van der Waals surface area contributed by atoms with E-state index in [4.69, 9.17) is 16.3 Å². The Morgan fingerprint density at radius 3 is 3.00 bits per heavy atom. The number of hydrogen-bond acceptors (Lipinski definition) is 2. The maximum Gasteiger partial charge on any atom is 0.0638 e. The fourth-order valence-electron chi connectivity index (χ4n) is 1.07. The molecule has 0 amide bonds. The maximum absolute atomic E-state index is 5.99. The normalized spacial score (nSPS) is 10.2. The highest BCUT2D eigenvalue weighted by molar-refractivity contribution is 9.10. The van der Waals surface area contributed by atoms with Crippen LogP contribution in [0.3, 0.4) is 0 Å². The summed E-state index contributed by atoms with van der Waals surface area (Å²) >= 11 is 9.39. The Balaban J connectivity index is 2.45. The number of methoxy groups -OCH3 is 1. The third-order valence-corrected chi connectivity index (χ3v) is 2.59. The molecule has 0 atom stereocenters. The molecule has 4 heteroatoms. The van der Waals surface area contributed by atoms with E-state index in [1.54, 1.807) is 7.11 Å². The lowest BCUT2D eigenvalue weighted by atomic mass is 10.3. The molecule has 1 rings (SSSR count). The van der Waals surface area contributed by atoms with Crippen LogP contribution in [0.5, 0.6) is 0 Å². The number of benzene rings is 1. The van der Waals surface area contributed by atoms with Crippen LogP contribution in [0.15, 0.2) is 22.7 Å². The first-order valence-corrected chi connectivity index (χ1v) is 5.59. The molecule has 0 fully saturated rings. The second kappa shape index (κ2) is 6.27. The molecule has 0 heterocycles. The average Bonchev–Trinajstić information content (AvgIpc) is 2.18. The molecule has 1 N–H and O–H groups in total. The van der Waals surface area contributed by atoms with E-state index in [9.17, 15) is 0 Å². The molecule has 0 bridgehead atoms. The van der Waals surface area contributed by atoms with Crippen LogP contribution in [0.1, 0.15) is 6.42 Å². The second-order valence-corrected chi connectivity index (χ2v) is 4.22. The fraction of sp³-hybridized carbons (Fsp3) is 0.400. The van der Waals surface area contributed by atoms with E-state index >= 15 is 0 Å². The number of ether oxygens (including phenoxy) is 1. The molecular formula is C10H13BrClNO. The lowest BCUT2D eigenvalue weighted by Gasteiger charge is -2.08. The van der Waals surface area contributed by atoms with Gasteiger partial charge in [-0.3, -0.25) is 0 Å². The summed E-state index contributed by atoms with van der Waals surface area (Å²) in [5.74, 6) is 0. The van der Waals surface area contributed by atoms with E-state index in [1.807, 2.05) is 18.2 Å². The molecule has 0 spiro atoms. The van der Waals surface area contributed by atoms with Gasteiger partial charge in [0.2, 0.25) is 0 Å². The summed E-state index contributed by atoms with van der Waals surface area (Å²) in [7, 11) is 1.70. The van der Waals surface area contributed by atoms with Crippen LogP contribution in [0.25, 0.3) is 0 Å². The number of halogens is 2. The Bertz CT molecular complexity index is 293. The van der Waals surface area contributed by atoms with Crippen LogP contribution in [0.4, 0.5) is 5.69 Å². The van der Waals surface area contributed by atoms with Gasteiger partial charge in [-0.25, -0.2) is 0 Å². The van der Waals surface area contributed by atoms with Crippen molar-refractivity contribution in [2.75, 3.05) is 25.6 Å². The van der Waals surface area contributed by atoms with E-state index in [-0.39, 0.29) is 0 Å². The predicted molar refractivity (Wildman–Crippen MR) is 64.1 cm³/mol. The van der Waals surface area contributed by atoms with E-state index in [2.05, 4.69) is 21.2 Å². The van der Waals surface area contributed by atoms with Gasteiger partial charge in [0.05, 0.1) is 10.7 Å². The summed E-state index contributed by atoms with van der Waals surface area (Å²) in [4.78, 5) is 0. The standard InChI is InChI=1S/C10H13BrClNO/c1-14-6-2-5-13-10-7-8(11)3-4-9(10)12/h3-4,7,13H,2,5-6H2,1H3. The van der Waals surface area contributed by atoms with Crippen molar-refractivity contribution in [3.05, 3.63) is 27.7 Å². The molecule has 0 aromatic heterocycles. The topological polar surface area (TPSA) is 21.3 Å². The highest BCUT2D eigenvalue weighted by Crippen LogP contribution is 2.25. The average molecular weight is 279 g/mol. The Morgan fingerprint density at radius 1 is 1.50 bits per heavy atom. The Hall–Kier alpha value is -0.250. The van der Waals surface area contributed by atoms with Crippen LogP contribution >= 0.6 is 27.5 Å². The van der Waals surface area contributed by atoms with Gasteiger partial charge in [0.25, 0.3) is 0 Å². The summed E-state index contributed by atoms with van der Waals surface area (Å²) in [6.07, 6.45) is 0.972. The zero-order valence-electron chi connectivity index (χ0n) is 8.02. The van der Waals surface area contributed by atoms with Crippen molar-refractivity contribution in [1.82, 2.24) is 0 Å². The SMILES string of the molecule is COCCCNc1cc(Br)ccc1Cl. The van der Waals surface area contributed by atoms with Gasteiger partial charge in [-0.15, -0.1) is 0 Å². The van der Waals surface area contributed by atoms with E-state index < -0.39 is 0 Å². The van der Waals surface area contributed by atoms with E-state index in [1.165, 1.54) is 0 Å². The highest BCUT2D eigenvalue weighted by atomic mass is 79.9. The quantitative estimate of drug-likeness (QED) is 0.832. The Morgan fingerprint density at radius 2 is 2.29 bits per heavy atom. The molecule has 0 aliphatic heterocycles. The zero-order chi connectivity index (χ0) is 10.4. The molecule has 78 valence electrons. The molecule has 0 unspecified atom stereocenters. The summed E-state index contributed by atoms with van der Waals surface area (Å²) in [5, 5.41) is 3.99. The highest BCUT2D eigenvalue weighted by Gasteiger charge is 1.99. The van der Waals surface area contributed by atoms with Crippen molar-refractivity contribution in [1.29, 1.82) is 0 Å². The first kappa shape index (κ1) is 11.8. The van der Waals surface area contributed by atoms with Crippen molar-refractivity contribution in [3.63, 3.8) is 0 Å².